The normalized spacial score (nSPS) is 14.2. The van der Waals surface area contributed by atoms with Crippen molar-refractivity contribution in [1.82, 2.24) is 10.3 Å². The van der Waals surface area contributed by atoms with Gasteiger partial charge in [-0.2, -0.15) is 0 Å². The van der Waals surface area contributed by atoms with Crippen LogP contribution >= 0.6 is 27.3 Å². The Labute approximate surface area is 100 Å². The molecule has 3 rings (SSSR count). The smallest absolute Gasteiger partial charge is 0.160 e. The maximum atomic E-state index is 4.55. The van der Waals surface area contributed by atoms with Gasteiger partial charge in [0.05, 0.1) is 5.69 Å². The minimum Gasteiger partial charge on any atom is -0.308 e. The molecule has 15 heavy (non-hydrogen) atoms. The lowest BCUT2D eigenvalue weighted by molar-refractivity contribution is 0.710. The summed E-state index contributed by atoms with van der Waals surface area (Å²) in [6.07, 6.45) is 0. The number of fused-ring (bicyclic) bond motifs is 3. The molecule has 1 aliphatic heterocycles. The van der Waals surface area contributed by atoms with Gasteiger partial charge in [0.2, 0.25) is 0 Å². The molecule has 2 heterocycles. The van der Waals surface area contributed by atoms with Gasteiger partial charge in [-0.05, 0) is 21.5 Å². The van der Waals surface area contributed by atoms with Crippen molar-refractivity contribution >= 4 is 27.3 Å². The number of benzene rings is 1. The van der Waals surface area contributed by atoms with Crippen LogP contribution in [0.25, 0.3) is 11.3 Å². The van der Waals surface area contributed by atoms with Crippen LogP contribution in [0.4, 0.5) is 0 Å². The summed E-state index contributed by atoms with van der Waals surface area (Å²) >= 11 is 5.16. The number of aromatic nitrogens is 1. The second-order valence-corrected chi connectivity index (χ2v) is 5.86. The molecule has 0 spiro atoms. The Morgan fingerprint density at radius 1 is 1.27 bits per heavy atom. The van der Waals surface area contributed by atoms with Crippen LogP contribution in [-0.4, -0.2) is 4.98 Å². The van der Waals surface area contributed by atoms with Crippen molar-refractivity contribution in [1.29, 1.82) is 0 Å². The Kier molecular flexibility index (Phi) is 2.35. The monoisotopic (exact) mass is 280 g/mol. The van der Waals surface area contributed by atoms with Crippen molar-refractivity contribution in [3.8, 4) is 11.3 Å². The molecule has 1 aromatic heterocycles. The van der Waals surface area contributed by atoms with Crippen molar-refractivity contribution in [2.24, 2.45) is 0 Å². The molecule has 0 radical (unpaired) electrons. The lowest BCUT2D eigenvalue weighted by atomic mass is 10.1. The molecule has 4 heteroatoms. The molecule has 1 aromatic carbocycles. The molecule has 0 unspecified atom stereocenters. The molecule has 0 saturated carbocycles. The molecule has 0 bridgehead atoms. The first-order valence-corrected chi connectivity index (χ1v) is 6.40. The highest BCUT2D eigenvalue weighted by atomic mass is 79.9. The van der Waals surface area contributed by atoms with Crippen LogP contribution in [0.5, 0.6) is 0 Å². The van der Waals surface area contributed by atoms with Crippen molar-refractivity contribution in [3.05, 3.63) is 38.6 Å². The molecule has 1 aliphatic rings. The number of rotatable bonds is 0. The Bertz CT molecular complexity index is 507. The summed E-state index contributed by atoms with van der Waals surface area (Å²) in [5.41, 5.74) is 3.72. The van der Waals surface area contributed by atoms with E-state index in [4.69, 9.17) is 0 Å². The van der Waals surface area contributed by atoms with Gasteiger partial charge in [-0.15, -0.1) is 11.3 Å². The maximum absolute atomic E-state index is 4.55. The van der Waals surface area contributed by atoms with Gasteiger partial charge in [-0.25, -0.2) is 4.98 Å². The van der Waals surface area contributed by atoms with Crippen molar-refractivity contribution in [3.63, 3.8) is 0 Å². The van der Waals surface area contributed by atoms with Gasteiger partial charge in [0.25, 0.3) is 0 Å². The van der Waals surface area contributed by atoms with Gasteiger partial charge in [0, 0.05) is 23.5 Å². The number of hydrogen-bond donors (Lipinski definition) is 1. The summed E-state index contributed by atoms with van der Waals surface area (Å²) in [6, 6.07) is 8.45. The van der Waals surface area contributed by atoms with Crippen LogP contribution in [0.2, 0.25) is 0 Å². The van der Waals surface area contributed by atoms with Crippen LogP contribution in [0, 0.1) is 0 Å². The van der Waals surface area contributed by atoms with E-state index in [0.29, 0.717) is 0 Å². The van der Waals surface area contributed by atoms with Crippen LogP contribution < -0.4 is 5.32 Å². The molecule has 76 valence electrons. The highest BCUT2D eigenvalue weighted by Crippen LogP contribution is 2.34. The zero-order valence-electron chi connectivity index (χ0n) is 7.96. The Balaban J connectivity index is 2.26. The van der Waals surface area contributed by atoms with E-state index in [-0.39, 0.29) is 0 Å². The number of halogens is 1. The van der Waals surface area contributed by atoms with Gasteiger partial charge >= 0.3 is 0 Å². The van der Waals surface area contributed by atoms with Crippen molar-refractivity contribution in [2.45, 2.75) is 13.1 Å². The first kappa shape index (κ1) is 9.51. The first-order valence-electron chi connectivity index (χ1n) is 4.79. The summed E-state index contributed by atoms with van der Waals surface area (Å²) in [7, 11) is 0. The topological polar surface area (TPSA) is 24.9 Å². The maximum Gasteiger partial charge on any atom is 0.160 e. The summed E-state index contributed by atoms with van der Waals surface area (Å²) in [4.78, 5) is 5.86. The fourth-order valence-electron chi connectivity index (χ4n) is 1.87. The summed E-state index contributed by atoms with van der Waals surface area (Å²) in [6.45, 7) is 1.84. The number of hydrogen-bond acceptors (Lipinski definition) is 3. The van der Waals surface area contributed by atoms with Crippen LogP contribution in [0.1, 0.15) is 10.4 Å². The van der Waals surface area contributed by atoms with Crippen molar-refractivity contribution in [2.75, 3.05) is 0 Å². The average Bonchev–Trinajstić information content (AvgIpc) is 2.52. The van der Waals surface area contributed by atoms with Gasteiger partial charge in [0.1, 0.15) is 0 Å². The Hall–Kier alpha value is -0.710. The molecular formula is C11H9BrN2S. The average molecular weight is 281 g/mol. The lowest BCUT2D eigenvalue weighted by Crippen LogP contribution is -2.09. The predicted octanol–water partition coefficient (Wildman–Crippen LogP) is 3.18. The molecular weight excluding hydrogens is 272 g/mol. The SMILES string of the molecule is Brc1nc2c(s1)CNCc1ccccc1-2. The molecule has 0 amide bonds. The molecule has 1 N–H and O–H groups in total. The third kappa shape index (κ3) is 1.62. The van der Waals surface area contributed by atoms with E-state index in [2.05, 4.69) is 50.5 Å². The van der Waals surface area contributed by atoms with Crippen molar-refractivity contribution < 1.29 is 0 Å². The summed E-state index contributed by atoms with van der Waals surface area (Å²) in [5.74, 6) is 0. The zero-order valence-corrected chi connectivity index (χ0v) is 10.4. The van der Waals surface area contributed by atoms with E-state index in [1.165, 1.54) is 16.0 Å². The molecule has 2 nitrogen and oxygen atoms in total. The Morgan fingerprint density at radius 2 is 2.13 bits per heavy atom. The van der Waals surface area contributed by atoms with Gasteiger partial charge in [-0.3, -0.25) is 0 Å². The minimum atomic E-state index is 0.910. The van der Waals surface area contributed by atoms with Gasteiger partial charge in [-0.1, -0.05) is 24.3 Å². The van der Waals surface area contributed by atoms with Gasteiger partial charge < -0.3 is 5.32 Å². The molecule has 0 atom stereocenters. The molecule has 0 fully saturated rings. The van der Waals surface area contributed by atoms with Gasteiger partial charge in [0.15, 0.2) is 3.92 Å². The number of nitrogens with zero attached hydrogens (tertiary/aromatic N) is 1. The number of nitrogens with one attached hydrogen (secondary N) is 1. The lowest BCUT2D eigenvalue weighted by Gasteiger charge is -2.03. The fraction of sp³-hybridized carbons (Fsp3) is 0.182. The first-order chi connectivity index (χ1) is 7.34. The second kappa shape index (κ2) is 3.70. The molecule has 0 aliphatic carbocycles. The molecule has 2 aromatic rings. The van der Waals surface area contributed by atoms with E-state index >= 15 is 0 Å². The molecule has 0 saturated heterocycles. The highest BCUT2D eigenvalue weighted by Gasteiger charge is 2.17. The quantitative estimate of drug-likeness (QED) is 0.802. The minimum absolute atomic E-state index is 0.910. The number of thiazole rings is 1. The van der Waals surface area contributed by atoms with Crippen LogP contribution in [-0.2, 0) is 13.1 Å². The van der Waals surface area contributed by atoms with Crippen LogP contribution in [0.3, 0.4) is 0 Å². The third-order valence-electron chi connectivity index (χ3n) is 2.54. The second-order valence-electron chi connectivity index (χ2n) is 3.50. The summed E-state index contributed by atoms with van der Waals surface area (Å²) < 4.78 is 0.964. The standard InChI is InChI=1S/C11H9BrN2S/c12-11-14-10-8-4-2-1-3-7(8)5-13-6-9(10)15-11/h1-4,13H,5-6H2. The van der Waals surface area contributed by atoms with Crippen LogP contribution in [0.15, 0.2) is 28.2 Å². The fourth-order valence-corrected chi connectivity index (χ4v) is 3.40. The largest absolute Gasteiger partial charge is 0.308 e. The summed E-state index contributed by atoms with van der Waals surface area (Å²) in [5, 5.41) is 3.42. The Morgan fingerprint density at radius 3 is 3.07 bits per heavy atom. The van der Waals surface area contributed by atoms with E-state index in [0.717, 1.165) is 22.7 Å². The van der Waals surface area contributed by atoms with E-state index in [1.54, 1.807) is 11.3 Å². The third-order valence-corrected chi connectivity index (χ3v) is 4.05. The van der Waals surface area contributed by atoms with E-state index in [1.807, 2.05) is 0 Å². The highest BCUT2D eigenvalue weighted by molar-refractivity contribution is 9.11. The van der Waals surface area contributed by atoms with E-state index in [9.17, 15) is 0 Å². The van der Waals surface area contributed by atoms with E-state index < -0.39 is 0 Å². The predicted molar refractivity (Wildman–Crippen MR) is 65.8 cm³/mol. The zero-order chi connectivity index (χ0) is 10.3.